The molecule has 1 heterocycles. The number of imidazole rings is 1. The third-order valence-electron chi connectivity index (χ3n) is 2.42. The Morgan fingerprint density at radius 1 is 1.41 bits per heavy atom. The molecule has 0 saturated carbocycles. The van der Waals surface area contributed by atoms with Crippen LogP contribution in [-0.2, 0) is 0 Å². The Morgan fingerprint density at radius 3 is 2.82 bits per heavy atom. The zero-order valence-electron chi connectivity index (χ0n) is 9.61. The highest BCUT2D eigenvalue weighted by Gasteiger charge is 2.11. The third-order valence-corrected chi connectivity index (χ3v) is 2.74. The summed E-state index contributed by atoms with van der Waals surface area (Å²) < 4.78 is 15.5. The van der Waals surface area contributed by atoms with Gasteiger partial charge in [0.15, 0.2) is 0 Å². The molecule has 0 atom stereocenters. The molecule has 0 amide bonds. The van der Waals surface area contributed by atoms with Crippen LogP contribution in [-0.4, -0.2) is 9.55 Å². The van der Waals surface area contributed by atoms with E-state index >= 15 is 0 Å². The van der Waals surface area contributed by atoms with Gasteiger partial charge in [0.2, 0.25) is 5.95 Å². The molecule has 3 nitrogen and oxygen atoms in total. The Balaban J connectivity index is 2.35. The lowest BCUT2D eigenvalue weighted by Crippen LogP contribution is -2.06. The van der Waals surface area contributed by atoms with Gasteiger partial charge in [-0.2, -0.15) is 0 Å². The fraction of sp³-hybridized carbons (Fsp3) is 0.250. The summed E-state index contributed by atoms with van der Waals surface area (Å²) in [5, 5.41) is 3.25. The molecule has 0 spiro atoms. The van der Waals surface area contributed by atoms with Crippen molar-refractivity contribution in [3.8, 4) is 0 Å². The fourth-order valence-corrected chi connectivity index (χ4v) is 1.77. The van der Waals surface area contributed by atoms with E-state index in [1.807, 2.05) is 24.6 Å². The molecule has 1 aromatic carbocycles. The van der Waals surface area contributed by atoms with E-state index in [1.165, 1.54) is 6.07 Å². The molecule has 0 aliphatic carbocycles. The van der Waals surface area contributed by atoms with Gasteiger partial charge in [-0.25, -0.2) is 9.37 Å². The van der Waals surface area contributed by atoms with E-state index in [4.69, 9.17) is 11.6 Å². The molecule has 0 fully saturated rings. The van der Waals surface area contributed by atoms with Gasteiger partial charge in [-0.1, -0.05) is 17.7 Å². The van der Waals surface area contributed by atoms with Gasteiger partial charge >= 0.3 is 0 Å². The maximum absolute atomic E-state index is 13.6. The molecule has 17 heavy (non-hydrogen) atoms. The van der Waals surface area contributed by atoms with E-state index in [9.17, 15) is 4.39 Å². The predicted octanol–water partition coefficient (Wildman–Crippen LogP) is 4.00. The zero-order chi connectivity index (χ0) is 12.4. The minimum Gasteiger partial charge on any atom is -0.322 e. The molecule has 5 heteroatoms. The number of hydrogen-bond acceptors (Lipinski definition) is 2. The average Bonchev–Trinajstić information content (AvgIpc) is 2.72. The number of halogens is 2. The topological polar surface area (TPSA) is 29.9 Å². The van der Waals surface area contributed by atoms with Crippen LogP contribution in [0.25, 0.3) is 0 Å². The number of para-hydroxylation sites is 1. The Hall–Kier alpha value is -1.55. The van der Waals surface area contributed by atoms with E-state index < -0.39 is 5.82 Å². The minimum absolute atomic E-state index is 0.241. The Kier molecular flexibility index (Phi) is 3.33. The summed E-state index contributed by atoms with van der Waals surface area (Å²) in [6.45, 7) is 4.05. The molecule has 0 saturated heterocycles. The highest BCUT2D eigenvalue weighted by molar-refractivity contribution is 6.33. The average molecular weight is 254 g/mol. The standard InChI is InChI=1S/C12H13ClFN3/c1-8(2)17-7-6-15-12(17)16-11-9(13)4-3-5-10(11)14/h3-8H,1-2H3,(H,15,16). The smallest absolute Gasteiger partial charge is 0.207 e. The van der Waals surface area contributed by atoms with Gasteiger partial charge in [0, 0.05) is 18.4 Å². The van der Waals surface area contributed by atoms with Crippen molar-refractivity contribution in [2.45, 2.75) is 19.9 Å². The van der Waals surface area contributed by atoms with Gasteiger partial charge in [-0.05, 0) is 26.0 Å². The van der Waals surface area contributed by atoms with E-state index in [0.717, 1.165) is 0 Å². The lowest BCUT2D eigenvalue weighted by molar-refractivity contribution is 0.604. The molecular weight excluding hydrogens is 241 g/mol. The van der Waals surface area contributed by atoms with Crippen LogP contribution in [0.15, 0.2) is 30.6 Å². The third kappa shape index (κ3) is 2.42. The lowest BCUT2D eigenvalue weighted by atomic mass is 10.3. The van der Waals surface area contributed by atoms with Crippen LogP contribution in [0.2, 0.25) is 5.02 Å². The minimum atomic E-state index is -0.393. The van der Waals surface area contributed by atoms with Crippen LogP contribution < -0.4 is 5.32 Å². The first-order valence-electron chi connectivity index (χ1n) is 5.33. The van der Waals surface area contributed by atoms with Crippen molar-refractivity contribution in [1.82, 2.24) is 9.55 Å². The molecule has 2 rings (SSSR count). The van der Waals surface area contributed by atoms with Gasteiger partial charge in [-0.3, -0.25) is 0 Å². The highest BCUT2D eigenvalue weighted by atomic mass is 35.5. The molecule has 1 aromatic heterocycles. The number of hydrogen-bond donors (Lipinski definition) is 1. The van der Waals surface area contributed by atoms with Crippen molar-refractivity contribution in [1.29, 1.82) is 0 Å². The summed E-state index contributed by atoms with van der Waals surface area (Å²) >= 11 is 5.94. The fourth-order valence-electron chi connectivity index (χ4n) is 1.56. The molecule has 0 radical (unpaired) electrons. The molecule has 2 aromatic rings. The van der Waals surface area contributed by atoms with Gasteiger partial charge in [-0.15, -0.1) is 0 Å². The van der Waals surface area contributed by atoms with Crippen molar-refractivity contribution in [2.75, 3.05) is 5.32 Å². The number of anilines is 2. The maximum Gasteiger partial charge on any atom is 0.207 e. The first-order chi connectivity index (χ1) is 8.09. The van der Waals surface area contributed by atoms with Crippen LogP contribution in [0.3, 0.4) is 0 Å². The van der Waals surface area contributed by atoms with E-state index in [0.29, 0.717) is 11.0 Å². The monoisotopic (exact) mass is 253 g/mol. The summed E-state index contributed by atoms with van der Waals surface area (Å²) in [7, 11) is 0. The van der Waals surface area contributed by atoms with Gasteiger partial charge < -0.3 is 9.88 Å². The quantitative estimate of drug-likeness (QED) is 0.896. The maximum atomic E-state index is 13.6. The summed E-state index contributed by atoms with van der Waals surface area (Å²) in [6.07, 6.45) is 3.50. The number of rotatable bonds is 3. The largest absolute Gasteiger partial charge is 0.322 e. The number of benzene rings is 1. The van der Waals surface area contributed by atoms with Crippen LogP contribution in [0.5, 0.6) is 0 Å². The molecule has 90 valence electrons. The first-order valence-corrected chi connectivity index (χ1v) is 5.71. The zero-order valence-corrected chi connectivity index (χ0v) is 10.4. The van der Waals surface area contributed by atoms with Crippen LogP contribution in [0.1, 0.15) is 19.9 Å². The normalized spacial score (nSPS) is 10.9. The SMILES string of the molecule is CC(C)n1ccnc1Nc1c(F)cccc1Cl. The highest BCUT2D eigenvalue weighted by Crippen LogP contribution is 2.28. The first kappa shape index (κ1) is 11.9. The van der Waals surface area contributed by atoms with E-state index in [2.05, 4.69) is 10.3 Å². The molecule has 0 bridgehead atoms. The predicted molar refractivity (Wildman–Crippen MR) is 67.3 cm³/mol. The Labute approximate surface area is 104 Å². The molecule has 0 aliphatic rings. The molecule has 1 N–H and O–H groups in total. The second kappa shape index (κ2) is 4.75. The summed E-state index contributed by atoms with van der Waals surface area (Å²) in [5.74, 6) is 0.183. The van der Waals surface area contributed by atoms with Crippen molar-refractivity contribution in [3.63, 3.8) is 0 Å². The second-order valence-corrected chi connectivity index (χ2v) is 4.38. The Bertz CT molecular complexity index is 502. The van der Waals surface area contributed by atoms with Gasteiger partial charge in [0.1, 0.15) is 5.82 Å². The Morgan fingerprint density at radius 2 is 2.18 bits per heavy atom. The van der Waals surface area contributed by atoms with Crippen molar-refractivity contribution in [2.24, 2.45) is 0 Å². The summed E-state index contributed by atoms with van der Waals surface area (Å²) in [5.41, 5.74) is 0.252. The van der Waals surface area contributed by atoms with Crippen molar-refractivity contribution in [3.05, 3.63) is 41.4 Å². The summed E-state index contributed by atoms with van der Waals surface area (Å²) in [4.78, 5) is 4.14. The van der Waals surface area contributed by atoms with Gasteiger partial charge in [0.25, 0.3) is 0 Å². The van der Waals surface area contributed by atoms with Crippen LogP contribution >= 0.6 is 11.6 Å². The number of aromatic nitrogens is 2. The number of nitrogens with zero attached hydrogens (tertiary/aromatic N) is 2. The molecule has 0 unspecified atom stereocenters. The summed E-state index contributed by atoms with van der Waals surface area (Å²) in [6, 6.07) is 4.80. The van der Waals surface area contributed by atoms with Crippen molar-refractivity contribution >= 4 is 23.2 Å². The second-order valence-electron chi connectivity index (χ2n) is 3.97. The number of nitrogens with one attached hydrogen (secondary N) is 1. The van der Waals surface area contributed by atoms with Crippen LogP contribution in [0, 0.1) is 5.82 Å². The molecule has 0 aliphatic heterocycles. The van der Waals surface area contributed by atoms with E-state index in [1.54, 1.807) is 18.3 Å². The van der Waals surface area contributed by atoms with Gasteiger partial charge in [0.05, 0.1) is 10.7 Å². The van der Waals surface area contributed by atoms with E-state index in [-0.39, 0.29) is 11.7 Å². The lowest BCUT2D eigenvalue weighted by Gasteiger charge is -2.13. The van der Waals surface area contributed by atoms with Crippen molar-refractivity contribution < 1.29 is 4.39 Å². The molecular formula is C12H13ClFN3. The van der Waals surface area contributed by atoms with Crippen LogP contribution in [0.4, 0.5) is 16.0 Å².